The number of hydrogen-bond donors (Lipinski definition) is 1. The summed E-state index contributed by atoms with van der Waals surface area (Å²) in [5.74, 6) is 0. The average Bonchev–Trinajstić information content (AvgIpc) is 2.90. The molecule has 4 nitrogen and oxygen atoms in total. The van der Waals surface area contributed by atoms with E-state index in [9.17, 15) is 0 Å². The molecule has 2 fully saturated rings. The second-order valence-electron chi connectivity index (χ2n) is 5.10. The molecule has 1 spiro atoms. The van der Waals surface area contributed by atoms with Crippen molar-refractivity contribution in [1.82, 2.24) is 10.3 Å². The van der Waals surface area contributed by atoms with Crippen LogP contribution in [0.3, 0.4) is 0 Å². The molecule has 0 bridgehead atoms. The fourth-order valence-corrected chi connectivity index (χ4v) is 3.76. The number of aromatic nitrogens is 1. The molecule has 1 aromatic rings. The van der Waals surface area contributed by atoms with Crippen LogP contribution in [0.25, 0.3) is 0 Å². The predicted molar refractivity (Wildman–Crippen MR) is 66.2 cm³/mol. The summed E-state index contributed by atoms with van der Waals surface area (Å²) in [5.41, 5.74) is -0.542. The molecule has 3 heterocycles. The molecule has 94 valence electrons. The number of nitrogens with one attached hydrogen (secondary N) is 1. The normalized spacial score (nSPS) is 36.5. The lowest BCUT2D eigenvalue weighted by Gasteiger charge is -2.47. The first kappa shape index (κ1) is 11.6. The molecule has 2 saturated heterocycles. The topological polar surface area (TPSA) is 43.4 Å². The third-order valence-electron chi connectivity index (χ3n) is 3.93. The maximum Gasteiger partial charge on any atom is 0.120 e. The van der Waals surface area contributed by atoms with Crippen molar-refractivity contribution < 1.29 is 9.47 Å². The molecule has 17 heavy (non-hydrogen) atoms. The Hall–Kier alpha value is -0.490. The zero-order chi connectivity index (χ0) is 11.9. The van der Waals surface area contributed by atoms with E-state index < -0.39 is 0 Å². The van der Waals surface area contributed by atoms with Crippen molar-refractivity contribution in [2.75, 3.05) is 19.8 Å². The fraction of sp³-hybridized carbons (Fsp3) is 0.750. The molecule has 0 radical (unpaired) electrons. The van der Waals surface area contributed by atoms with Crippen LogP contribution in [0.15, 0.2) is 11.6 Å². The molecule has 0 aromatic carbocycles. The SMILES string of the molecule is CC1(C)OCCC12OCCNC2c1nccs1. The van der Waals surface area contributed by atoms with Gasteiger partial charge in [0.05, 0.1) is 24.9 Å². The van der Waals surface area contributed by atoms with E-state index >= 15 is 0 Å². The van der Waals surface area contributed by atoms with Gasteiger partial charge in [-0.1, -0.05) is 0 Å². The van der Waals surface area contributed by atoms with Crippen LogP contribution in [0, 0.1) is 0 Å². The molecule has 0 saturated carbocycles. The molecule has 2 aliphatic rings. The molecular weight excluding hydrogens is 236 g/mol. The minimum Gasteiger partial charge on any atom is -0.372 e. The zero-order valence-electron chi connectivity index (χ0n) is 10.2. The van der Waals surface area contributed by atoms with E-state index in [-0.39, 0.29) is 17.2 Å². The van der Waals surface area contributed by atoms with E-state index in [1.165, 1.54) is 0 Å². The first-order valence-corrected chi connectivity index (χ1v) is 6.94. The van der Waals surface area contributed by atoms with Crippen molar-refractivity contribution in [2.45, 2.75) is 37.5 Å². The summed E-state index contributed by atoms with van der Waals surface area (Å²) < 4.78 is 12.0. The minimum absolute atomic E-state index is 0.147. The lowest BCUT2D eigenvalue weighted by Crippen LogP contribution is -2.60. The Bertz CT molecular complexity index is 393. The highest BCUT2D eigenvalue weighted by molar-refractivity contribution is 7.09. The highest BCUT2D eigenvalue weighted by Crippen LogP contribution is 2.48. The van der Waals surface area contributed by atoms with Gasteiger partial charge in [-0.25, -0.2) is 4.98 Å². The number of hydrogen-bond acceptors (Lipinski definition) is 5. The Morgan fingerprint density at radius 3 is 2.94 bits per heavy atom. The van der Waals surface area contributed by atoms with Gasteiger partial charge in [-0.3, -0.25) is 0 Å². The van der Waals surface area contributed by atoms with E-state index in [1.807, 2.05) is 11.6 Å². The largest absolute Gasteiger partial charge is 0.372 e. The number of ether oxygens (including phenoxy) is 2. The Morgan fingerprint density at radius 2 is 2.29 bits per heavy atom. The van der Waals surface area contributed by atoms with Gasteiger partial charge in [0.15, 0.2) is 0 Å². The standard InChI is InChI=1S/C12H18N2O2S/c1-11(2)12(3-6-15-11)9(13-4-7-16-12)10-14-5-8-17-10/h5,8-9,13H,3-4,6-7H2,1-2H3. The lowest BCUT2D eigenvalue weighted by molar-refractivity contribution is -0.172. The van der Waals surface area contributed by atoms with Gasteiger partial charge in [0.1, 0.15) is 10.6 Å². The van der Waals surface area contributed by atoms with Gasteiger partial charge < -0.3 is 14.8 Å². The Balaban J connectivity index is 2.00. The summed E-state index contributed by atoms with van der Waals surface area (Å²) in [6.45, 7) is 6.62. The molecule has 2 unspecified atom stereocenters. The molecule has 5 heteroatoms. The Morgan fingerprint density at radius 1 is 1.41 bits per heavy atom. The zero-order valence-corrected chi connectivity index (χ0v) is 11.0. The highest BCUT2D eigenvalue weighted by atomic mass is 32.1. The van der Waals surface area contributed by atoms with Crippen molar-refractivity contribution in [1.29, 1.82) is 0 Å². The van der Waals surface area contributed by atoms with Crippen molar-refractivity contribution in [2.24, 2.45) is 0 Å². The van der Waals surface area contributed by atoms with Crippen LogP contribution < -0.4 is 5.32 Å². The van der Waals surface area contributed by atoms with E-state index in [0.717, 1.165) is 31.2 Å². The lowest BCUT2D eigenvalue weighted by atomic mass is 9.78. The van der Waals surface area contributed by atoms with Gasteiger partial charge in [0.2, 0.25) is 0 Å². The number of morpholine rings is 1. The average molecular weight is 254 g/mol. The second-order valence-corrected chi connectivity index (χ2v) is 6.03. The third kappa shape index (κ3) is 1.64. The third-order valence-corrected chi connectivity index (χ3v) is 4.77. The van der Waals surface area contributed by atoms with Crippen LogP contribution in [-0.2, 0) is 9.47 Å². The van der Waals surface area contributed by atoms with Crippen LogP contribution in [-0.4, -0.2) is 35.9 Å². The monoisotopic (exact) mass is 254 g/mol. The summed E-state index contributed by atoms with van der Waals surface area (Å²) in [4.78, 5) is 4.44. The molecule has 0 aliphatic carbocycles. The Labute approximate surface area is 105 Å². The molecule has 2 aliphatic heterocycles. The maximum atomic E-state index is 6.16. The minimum atomic E-state index is -0.275. The van der Waals surface area contributed by atoms with Crippen molar-refractivity contribution in [3.63, 3.8) is 0 Å². The van der Waals surface area contributed by atoms with Crippen LogP contribution in [0.5, 0.6) is 0 Å². The molecule has 3 rings (SSSR count). The summed E-state index contributed by atoms with van der Waals surface area (Å²) in [6, 6.07) is 0.147. The van der Waals surface area contributed by atoms with E-state index in [4.69, 9.17) is 9.47 Å². The Kier molecular flexibility index (Phi) is 2.74. The van der Waals surface area contributed by atoms with Crippen molar-refractivity contribution in [3.8, 4) is 0 Å². The second kappa shape index (κ2) is 4.02. The summed E-state index contributed by atoms with van der Waals surface area (Å²) in [6.07, 6.45) is 2.78. The van der Waals surface area contributed by atoms with E-state index in [2.05, 4.69) is 24.1 Å². The van der Waals surface area contributed by atoms with Gasteiger partial charge >= 0.3 is 0 Å². The maximum absolute atomic E-state index is 6.16. The molecule has 1 N–H and O–H groups in total. The first-order valence-electron chi connectivity index (χ1n) is 6.06. The fourth-order valence-electron chi connectivity index (χ4n) is 2.97. The summed E-state index contributed by atoms with van der Waals surface area (Å²) in [7, 11) is 0. The highest BCUT2D eigenvalue weighted by Gasteiger charge is 2.58. The van der Waals surface area contributed by atoms with Gasteiger partial charge in [0, 0.05) is 24.5 Å². The molecule has 1 aromatic heterocycles. The molecule has 0 amide bonds. The van der Waals surface area contributed by atoms with Crippen molar-refractivity contribution >= 4 is 11.3 Å². The van der Waals surface area contributed by atoms with E-state index in [0.29, 0.717) is 0 Å². The number of nitrogens with zero attached hydrogens (tertiary/aromatic N) is 1. The van der Waals surface area contributed by atoms with Crippen LogP contribution in [0.4, 0.5) is 0 Å². The summed E-state index contributed by atoms with van der Waals surface area (Å²) >= 11 is 1.68. The number of rotatable bonds is 1. The van der Waals surface area contributed by atoms with Crippen molar-refractivity contribution in [3.05, 3.63) is 16.6 Å². The van der Waals surface area contributed by atoms with Crippen LogP contribution in [0.2, 0.25) is 0 Å². The first-order chi connectivity index (χ1) is 8.16. The van der Waals surface area contributed by atoms with E-state index in [1.54, 1.807) is 11.3 Å². The summed E-state index contributed by atoms with van der Waals surface area (Å²) in [5, 5.41) is 6.67. The number of thiazole rings is 1. The van der Waals surface area contributed by atoms with Crippen LogP contribution >= 0.6 is 11.3 Å². The van der Waals surface area contributed by atoms with Gasteiger partial charge in [-0.05, 0) is 13.8 Å². The smallest absolute Gasteiger partial charge is 0.120 e. The van der Waals surface area contributed by atoms with Gasteiger partial charge in [0.25, 0.3) is 0 Å². The quantitative estimate of drug-likeness (QED) is 0.829. The molecule has 2 atom stereocenters. The van der Waals surface area contributed by atoms with Gasteiger partial charge in [-0.15, -0.1) is 11.3 Å². The molecular formula is C12H18N2O2S. The van der Waals surface area contributed by atoms with Gasteiger partial charge in [-0.2, -0.15) is 0 Å². The van der Waals surface area contributed by atoms with Crippen LogP contribution in [0.1, 0.15) is 31.3 Å². The predicted octanol–water partition coefficient (Wildman–Crippen LogP) is 1.74.